The van der Waals surface area contributed by atoms with Crippen LogP contribution in [0, 0.1) is 0 Å². The Labute approximate surface area is 97.9 Å². The van der Waals surface area contributed by atoms with E-state index in [1.54, 1.807) is 24.0 Å². The number of nitrogens with zero attached hydrogens (tertiary/aromatic N) is 3. The van der Waals surface area contributed by atoms with Gasteiger partial charge in [0, 0.05) is 13.2 Å². The lowest BCUT2D eigenvalue weighted by Crippen LogP contribution is -2.24. The Morgan fingerprint density at radius 3 is 2.88 bits per heavy atom. The molecule has 9 heteroatoms. The van der Waals surface area contributed by atoms with Gasteiger partial charge in [-0.25, -0.2) is 13.1 Å². The predicted octanol–water partition coefficient (Wildman–Crippen LogP) is -0.796. The van der Waals surface area contributed by atoms with Crippen LogP contribution in [0.5, 0.6) is 0 Å². The first-order chi connectivity index (χ1) is 7.99. The third-order valence-corrected chi connectivity index (χ3v) is 3.56. The zero-order chi connectivity index (χ0) is 12.5. The second kappa shape index (κ2) is 4.18. The molecule has 0 aliphatic rings. The van der Waals surface area contributed by atoms with Gasteiger partial charge in [-0.1, -0.05) is 0 Å². The fraction of sp³-hybridized carbons (Fsp3) is 0.250. The number of hydrogen-bond acceptors (Lipinski definition) is 5. The summed E-state index contributed by atoms with van der Waals surface area (Å²) in [5, 5.41) is 9.98. The van der Waals surface area contributed by atoms with Crippen molar-refractivity contribution in [1.29, 1.82) is 0 Å². The topological polar surface area (TPSA) is 119 Å². The molecule has 17 heavy (non-hydrogen) atoms. The molecule has 0 unspecified atom stereocenters. The summed E-state index contributed by atoms with van der Waals surface area (Å²) in [5.41, 5.74) is 6.07. The highest BCUT2D eigenvalue weighted by Gasteiger charge is 2.19. The molecule has 2 heterocycles. The van der Waals surface area contributed by atoms with Crippen molar-refractivity contribution < 1.29 is 8.42 Å². The van der Waals surface area contributed by atoms with E-state index in [0.29, 0.717) is 5.69 Å². The molecule has 0 radical (unpaired) electrons. The van der Waals surface area contributed by atoms with Crippen LogP contribution in [-0.2, 0) is 23.6 Å². The van der Waals surface area contributed by atoms with Gasteiger partial charge in [-0.3, -0.25) is 9.78 Å². The Bertz CT molecular complexity index is 614. The first-order valence-electron chi connectivity index (χ1n) is 4.76. The third-order valence-electron chi connectivity index (χ3n) is 2.13. The predicted molar refractivity (Wildman–Crippen MR) is 60.2 cm³/mol. The minimum absolute atomic E-state index is 0.0125. The Hall–Kier alpha value is -1.87. The second-order valence-electron chi connectivity index (χ2n) is 3.45. The average molecular weight is 256 g/mol. The lowest BCUT2D eigenvalue weighted by Gasteiger charge is -2.03. The Morgan fingerprint density at radius 1 is 1.59 bits per heavy atom. The first kappa shape index (κ1) is 11.6. The lowest BCUT2D eigenvalue weighted by atomic mass is 10.4. The molecule has 0 amide bonds. The smallest absolute Gasteiger partial charge is 0.246 e. The second-order valence-corrected chi connectivity index (χ2v) is 5.19. The summed E-state index contributed by atoms with van der Waals surface area (Å²) < 4.78 is 27.6. The molecule has 2 aromatic heterocycles. The molecule has 4 N–H and O–H groups in total. The standard InChI is InChI=1S/C8H12N6O2S/c1-14-3-2-6(13-14)4-11-17(15,16)7-5-10-12-8(7)9/h2-3,5,11H,4H2,1H3,(H3,9,10,12). The van der Waals surface area contributed by atoms with Gasteiger partial charge in [-0.15, -0.1) is 0 Å². The molecular formula is C8H12N6O2S. The Morgan fingerprint density at radius 2 is 2.35 bits per heavy atom. The van der Waals surface area contributed by atoms with Crippen LogP contribution in [0.3, 0.4) is 0 Å². The van der Waals surface area contributed by atoms with Crippen LogP contribution >= 0.6 is 0 Å². The average Bonchev–Trinajstić information content (AvgIpc) is 2.85. The molecule has 0 spiro atoms. The normalized spacial score (nSPS) is 11.8. The number of aromatic nitrogens is 4. The lowest BCUT2D eigenvalue weighted by molar-refractivity contribution is 0.580. The van der Waals surface area contributed by atoms with E-state index in [0.717, 1.165) is 6.20 Å². The van der Waals surface area contributed by atoms with Crippen LogP contribution in [0.4, 0.5) is 5.82 Å². The monoisotopic (exact) mass is 256 g/mol. The maximum atomic E-state index is 11.8. The minimum atomic E-state index is -3.65. The van der Waals surface area contributed by atoms with Crippen molar-refractivity contribution in [2.24, 2.45) is 7.05 Å². The van der Waals surface area contributed by atoms with Gasteiger partial charge in [0.25, 0.3) is 0 Å². The van der Waals surface area contributed by atoms with Gasteiger partial charge >= 0.3 is 0 Å². The summed E-state index contributed by atoms with van der Waals surface area (Å²) in [6, 6.07) is 1.72. The minimum Gasteiger partial charge on any atom is -0.383 e. The largest absolute Gasteiger partial charge is 0.383 e. The van der Waals surface area contributed by atoms with Crippen molar-refractivity contribution in [3.8, 4) is 0 Å². The van der Waals surface area contributed by atoms with E-state index in [-0.39, 0.29) is 17.3 Å². The van der Waals surface area contributed by atoms with E-state index in [1.165, 1.54) is 0 Å². The molecule has 0 aromatic carbocycles. The summed E-state index contributed by atoms with van der Waals surface area (Å²) in [7, 11) is -1.90. The van der Waals surface area contributed by atoms with E-state index in [1.807, 2.05) is 0 Å². The summed E-state index contributed by atoms with van der Waals surface area (Å²) in [6.45, 7) is 0.105. The molecule has 8 nitrogen and oxygen atoms in total. The highest BCUT2D eigenvalue weighted by atomic mass is 32.2. The summed E-state index contributed by atoms with van der Waals surface area (Å²) in [5.74, 6) is 0.0125. The molecule has 92 valence electrons. The van der Waals surface area contributed by atoms with Crippen molar-refractivity contribution in [3.63, 3.8) is 0 Å². The van der Waals surface area contributed by atoms with Gasteiger partial charge in [0.05, 0.1) is 18.4 Å². The van der Waals surface area contributed by atoms with Crippen LogP contribution in [0.15, 0.2) is 23.4 Å². The summed E-state index contributed by atoms with van der Waals surface area (Å²) >= 11 is 0. The van der Waals surface area contributed by atoms with Gasteiger partial charge in [-0.2, -0.15) is 10.2 Å². The number of rotatable bonds is 4. The van der Waals surface area contributed by atoms with E-state index >= 15 is 0 Å². The van der Waals surface area contributed by atoms with Crippen molar-refractivity contribution in [2.75, 3.05) is 5.73 Å². The Kier molecular flexibility index (Phi) is 2.86. The highest BCUT2D eigenvalue weighted by Crippen LogP contribution is 2.13. The molecule has 2 aromatic rings. The van der Waals surface area contributed by atoms with E-state index in [2.05, 4.69) is 20.0 Å². The molecule has 0 fully saturated rings. The van der Waals surface area contributed by atoms with Crippen LogP contribution in [0.2, 0.25) is 0 Å². The van der Waals surface area contributed by atoms with Crippen molar-refractivity contribution >= 4 is 15.8 Å². The first-order valence-corrected chi connectivity index (χ1v) is 6.24. The van der Waals surface area contributed by atoms with Gasteiger partial charge < -0.3 is 5.73 Å². The van der Waals surface area contributed by atoms with Crippen molar-refractivity contribution in [1.82, 2.24) is 24.7 Å². The molecule has 0 saturated heterocycles. The number of nitrogens with two attached hydrogens (primary N) is 1. The Balaban J connectivity index is 2.11. The van der Waals surface area contributed by atoms with Crippen LogP contribution in [0.1, 0.15) is 5.69 Å². The van der Waals surface area contributed by atoms with Crippen molar-refractivity contribution in [2.45, 2.75) is 11.4 Å². The fourth-order valence-corrected chi connectivity index (χ4v) is 2.32. The molecule has 0 atom stereocenters. The number of hydrogen-bond donors (Lipinski definition) is 3. The molecular weight excluding hydrogens is 244 g/mol. The maximum Gasteiger partial charge on any atom is 0.246 e. The summed E-state index contributed by atoms with van der Waals surface area (Å²) in [4.78, 5) is -0.0616. The number of aryl methyl sites for hydroxylation is 1. The zero-order valence-electron chi connectivity index (χ0n) is 9.08. The quantitative estimate of drug-likeness (QED) is 0.662. The third kappa shape index (κ3) is 2.45. The SMILES string of the molecule is Cn1ccc(CNS(=O)(=O)c2cn[nH]c2N)n1. The van der Waals surface area contributed by atoms with Crippen LogP contribution < -0.4 is 10.5 Å². The molecule has 0 aliphatic carbocycles. The molecule has 2 rings (SSSR count). The molecule has 0 saturated carbocycles. The zero-order valence-corrected chi connectivity index (χ0v) is 9.90. The number of sulfonamides is 1. The van der Waals surface area contributed by atoms with Gasteiger partial charge in [-0.05, 0) is 6.07 Å². The van der Waals surface area contributed by atoms with Crippen LogP contribution in [0.25, 0.3) is 0 Å². The van der Waals surface area contributed by atoms with Gasteiger partial charge in [0.1, 0.15) is 10.7 Å². The number of nitrogen functional groups attached to an aromatic ring is 1. The number of aromatic amines is 1. The van der Waals surface area contributed by atoms with E-state index in [4.69, 9.17) is 5.73 Å². The van der Waals surface area contributed by atoms with E-state index in [9.17, 15) is 8.42 Å². The maximum absolute atomic E-state index is 11.8. The summed E-state index contributed by atoms with van der Waals surface area (Å²) in [6.07, 6.45) is 2.89. The highest BCUT2D eigenvalue weighted by molar-refractivity contribution is 7.89. The van der Waals surface area contributed by atoms with Crippen LogP contribution in [-0.4, -0.2) is 28.4 Å². The molecule has 0 aliphatic heterocycles. The molecule has 0 bridgehead atoms. The number of nitrogens with one attached hydrogen (secondary N) is 2. The van der Waals surface area contributed by atoms with Gasteiger partial charge in [0.15, 0.2) is 0 Å². The number of H-pyrrole nitrogens is 1. The number of anilines is 1. The fourth-order valence-electron chi connectivity index (χ4n) is 1.30. The van der Waals surface area contributed by atoms with Gasteiger partial charge in [0.2, 0.25) is 10.0 Å². The van der Waals surface area contributed by atoms with E-state index < -0.39 is 10.0 Å². The van der Waals surface area contributed by atoms with Crippen molar-refractivity contribution in [3.05, 3.63) is 24.2 Å².